The summed E-state index contributed by atoms with van der Waals surface area (Å²) in [5.74, 6) is 0.0534. The quantitative estimate of drug-likeness (QED) is 0.365. The van der Waals surface area contributed by atoms with Crippen LogP contribution in [0.5, 0.6) is 0 Å². The minimum atomic E-state index is -0.903. The summed E-state index contributed by atoms with van der Waals surface area (Å²) in [6, 6.07) is 0. The average Bonchev–Trinajstić information content (AvgIpc) is 3.13. The number of cyclic esters (lactones) is 1. The van der Waals surface area contributed by atoms with Gasteiger partial charge in [-0.15, -0.1) is 0 Å². The van der Waals surface area contributed by atoms with Crippen molar-refractivity contribution in [2.45, 2.75) is 63.8 Å². The van der Waals surface area contributed by atoms with Crippen LogP contribution in [0.3, 0.4) is 0 Å². The first-order valence-corrected chi connectivity index (χ1v) is 8.84. The van der Waals surface area contributed by atoms with E-state index >= 15 is 0 Å². The van der Waals surface area contributed by atoms with E-state index in [9.17, 15) is 9.90 Å². The van der Waals surface area contributed by atoms with Crippen LogP contribution in [-0.2, 0) is 14.3 Å². The molecule has 4 atom stereocenters. The molecule has 0 amide bonds. The lowest BCUT2D eigenvalue weighted by atomic mass is 9.76. The van der Waals surface area contributed by atoms with Crippen LogP contribution in [0.1, 0.15) is 46.5 Å². The largest absolute Gasteiger partial charge is 0.462 e. The number of aliphatic hydroxyl groups is 1. The molecular formula is C20H28O4. The van der Waals surface area contributed by atoms with Crippen molar-refractivity contribution >= 4 is 5.97 Å². The first kappa shape index (κ1) is 17.4. The van der Waals surface area contributed by atoms with Gasteiger partial charge in [0.25, 0.3) is 0 Å². The molecule has 2 aliphatic heterocycles. The zero-order valence-electron chi connectivity index (χ0n) is 14.9. The highest BCUT2D eigenvalue weighted by Gasteiger charge is 2.53. The minimum Gasteiger partial charge on any atom is -0.462 e. The second-order valence-corrected chi connectivity index (χ2v) is 8.10. The SMILES string of the molecule is C=C1CC[C@@H]2O[C@@]2(C)CC[C@@H]2C(=CC=CC(C)(C)O)C(=O)OC[C@@H]12. The topological polar surface area (TPSA) is 59.1 Å². The Balaban J connectivity index is 1.86. The maximum Gasteiger partial charge on any atom is 0.334 e. The van der Waals surface area contributed by atoms with Crippen LogP contribution >= 0.6 is 0 Å². The number of carbonyl (C=O) groups is 1. The summed E-state index contributed by atoms with van der Waals surface area (Å²) in [4.78, 5) is 12.3. The number of fused-ring (bicyclic) bond motifs is 2. The number of epoxide rings is 1. The Morgan fingerprint density at radius 3 is 2.79 bits per heavy atom. The van der Waals surface area contributed by atoms with Crippen LogP contribution in [0, 0.1) is 11.8 Å². The van der Waals surface area contributed by atoms with E-state index in [2.05, 4.69) is 13.5 Å². The van der Waals surface area contributed by atoms with Crippen molar-refractivity contribution in [2.24, 2.45) is 11.8 Å². The first-order chi connectivity index (χ1) is 11.2. The monoisotopic (exact) mass is 332 g/mol. The number of carbonyl (C=O) groups excluding carboxylic acids is 1. The van der Waals surface area contributed by atoms with E-state index in [1.165, 1.54) is 0 Å². The highest BCUT2D eigenvalue weighted by atomic mass is 16.6. The van der Waals surface area contributed by atoms with Gasteiger partial charge in [0.1, 0.15) is 0 Å². The van der Waals surface area contributed by atoms with Crippen LogP contribution in [0.2, 0.25) is 0 Å². The lowest BCUT2D eigenvalue weighted by Gasteiger charge is -2.34. The van der Waals surface area contributed by atoms with E-state index in [1.807, 2.05) is 0 Å². The van der Waals surface area contributed by atoms with Crippen molar-refractivity contribution in [3.05, 3.63) is 36.0 Å². The molecule has 4 nitrogen and oxygen atoms in total. The molecule has 0 unspecified atom stereocenters. The van der Waals surface area contributed by atoms with E-state index in [0.717, 1.165) is 31.3 Å². The van der Waals surface area contributed by atoms with Crippen LogP contribution in [0.15, 0.2) is 36.0 Å². The van der Waals surface area contributed by atoms with Gasteiger partial charge in [0.15, 0.2) is 0 Å². The molecule has 0 spiro atoms. The highest BCUT2D eigenvalue weighted by Crippen LogP contribution is 2.49. The Kier molecular flexibility index (Phi) is 4.47. The fraction of sp³-hybridized carbons (Fsp3) is 0.650. The van der Waals surface area contributed by atoms with Gasteiger partial charge in [-0.3, -0.25) is 0 Å². The second-order valence-electron chi connectivity index (χ2n) is 8.10. The molecule has 3 aliphatic rings. The molecule has 0 aromatic heterocycles. The third-order valence-corrected chi connectivity index (χ3v) is 5.53. The standard InChI is InChI=1S/C20H28O4/c1-13-7-8-17-20(4,24-17)11-9-14-15(6-5-10-19(2,3)22)18(21)23-12-16(13)14/h5-6,10,14,16-17,22H,1,7-9,11-12H2,2-4H3/t14-,16+,17+,20+/m1/s1. The fourth-order valence-corrected chi connectivity index (χ4v) is 3.89. The fourth-order valence-electron chi connectivity index (χ4n) is 3.89. The van der Waals surface area contributed by atoms with Crippen molar-refractivity contribution in [3.8, 4) is 0 Å². The molecule has 0 aromatic rings. The molecule has 0 bridgehead atoms. The van der Waals surface area contributed by atoms with Gasteiger partial charge in [-0.25, -0.2) is 4.79 Å². The Labute approximate surface area is 144 Å². The van der Waals surface area contributed by atoms with Gasteiger partial charge in [-0.1, -0.05) is 30.4 Å². The smallest absolute Gasteiger partial charge is 0.334 e. The zero-order chi connectivity index (χ0) is 17.5. The van der Waals surface area contributed by atoms with Gasteiger partial charge in [-0.2, -0.15) is 0 Å². The van der Waals surface area contributed by atoms with Crippen LogP contribution in [0.4, 0.5) is 0 Å². The summed E-state index contributed by atoms with van der Waals surface area (Å²) >= 11 is 0. The van der Waals surface area contributed by atoms with E-state index in [0.29, 0.717) is 18.3 Å². The zero-order valence-corrected chi connectivity index (χ0v) is 14.9. The maximum atomic E-state index is 12.3. The number of ether oxygens (including phenoxy) is 2. The average molecular weight is 332 g/mol. The number of esters is 1. The number of hydrogen-bond acceptors (Lipinski definition) is 4. The molecule has 1 saturated carbocycles. The molecule has 2 saturated heterocycles. The van der Waals surface area contributed by atoms with Crippen molar-refractivity contribution in [1.29, 1.82) is 0 Å². The lowest BCUT2D eigenvalue weighted by Crippen LogP contribution is -2.34. The van der Waals surface area contributed by atoms with Crippen LogP contribution in [-0.4, -0.2) is 35.0 Å². The van der Waals surface area contributed by atoms with Crippen molar-refractivity contribution in [2.75, 3.05) is 6.61 Å². The number of allylic oxidation sites excluding steroid dienone is 2. The molecule has 0 radical (unpaired) electrons. The molecule has 3 rings (SSSR count). The summed E-state index contributed by atoms with van der Waals surface area (Å²) in [5.41, 5.74) is 0.907. The maximum absolute atomic E-state index is 12.3. The van der Waals surface area contributed by atoms with Crippen molar-refractivity contribution in [3.63, 3.8) is 0 Å². The van der Waals surface area contributed by atoms with Crippen molar-refractivity contribution < 1.29 is 19.4 Å². The summed E-state index contributed by atoms with van der Waals surface area (Å²) in [7, 11) is 0. The molecular weight excluding hydrogens is 304 g/mol. The lowest BCUT2D eigenvalue weighted by molar-refractivity contribution is -0.144. The Morgan fingerprint density at radius 2 is 2.08 bits per heavy atom. The summed E-state index contributed by atoms with van der Waals surface area (Å²) in [5, 5.41) is 9.82. The van der Waals surface area contributed by atoms with E-state index in [4.69, 9.17) is 9.47 Å². The third-order valence-electron chi connectivity index (χ3n) is 5.53. The molecule has 2 heterocycles. The van der Waals surface area contributed by atoms with Gasteiger partial charge in [0.05, 0.1) is 23.9 Å². The second kappa shape index (κ2) is 6.16. The number of hydrogen-bond donors (Lipinski definition) is 1. The van der Waals surface area contributed by atoms with Crippen molar-refractivity contribution in [1.82, 2.24) is 0 Å². The first-order valence-electron chi connectivity index (χ1n) is 8.84. The Morgan fingerprint density at radius 1 is 1.33 bits per heavy atom. The van der Waals surface area contributed by atoms with E-state index in [1.54, 1.807) is 32.1 Å². The molecule has 4 heteroatoms. The van der Waals surface area contributed by atoms with Gasteiger partial charge in [0, 0.05) is 17.4 Å². The molecule has 3 fully saturated rings. The number of rotatable bonds is 2. The Bertz CT molecular complexity index is 595. The summed E-state index contributed by atoms with van der Waals surface area (Å²) in [6.45, 7) is 10.3. The molecule has 0 aromatic carbocycles. The normalized spacial score (nSPS) is 38.8. The molecule has 1 aliphatic carbocycles. The van der Waals surface area contributed by atoms with Gasteiger partial charge in [-0.05, 0) is 46.5 Å². The third kappa shape index (κ3) is 3.65. The van der Waals surface area contributed by atoms with Gasteiger partial charge < -0.3 is 14.6 Å². The van der Waals surface area contributed by atoms with Crippen LogP contribution < -0.4 is 0 Å². The van der Waals surface area contributed by atoms with Gasteiger partial charge in [0.2, 0.25) is 0 Å². The van der Waals surface area contributed by atoms with E-state index < -0.39 is 5.60 Å². The predicted molar refractivity (Wildman–Crippen MR) is 92.3 cm³/mol. The summed E-state index contributed by atoms with van der Waals surface area (Å²) < 4.78 is 11.3. The van der Waals surface area contributed by atoms with Crippen LogP contribution in [0.25, 0.3) is 0 Å². The minimum absolute atomic E-state index is 0.0371. The highest BCUT2D eigenvalue weighted by molar-refractivity contribution is 5.90. The predicted octanol–water partition coefficient (Wildman–Crippen LogP) is 3.32. The molecule has 24 heavy (non-hydrogen) atoms. The summed E-state index contributed by atoms with van der Waals surface area (Å²) in [6.07, 6.45) is 9.34. The molecule has 1 N–H and O–H groups in total. The Hall–Kier alpha value is -1.39. The molecule has 132 valence electrons. The van der Waals surface area contributed by atoms with E-state index in [-0.39, 0.29) is 23.4 Å². The van der Waals surface area contributed by atoms with Gasteiger partial charge >= 0.3 is 5.97 Å².